The molecule has 0 heterocycles. The summed E-state index contributed by atoms with van der Waals surface area (Å²) < 4.78 is 49.5. The molecular formula is C25H62O9Si5. The van der Waals surface area contributed by atoms with Crippen molar-refractivity contribution in [1.29, 1.82) is 0 Å². The number of rotatable bonds is 25. The predicted molar refractivity (Wildman–Crippen MR) is 171 cm³/mol. The van der Waals surface area contributed by atoms with E-state index in [1.54, 1.807) is 14.0 Å². The second kappa shape index (κ2) is 19.1. The molecule has 3 unspecified atom stereocenters. The van der Waals surface area contributed by atoms with Gasteiger partial charge in [-0.05, 0) is 104 Å². The maximum Gasteiger partial charge on any atom is 0.317 e. The zero-order valence-corrected chi connectivity index (χ0v) is 32.3. The van der Waals surface area contributed by atoms with Crippen molar-refractivity contribution in [2.24, 2.45) is 0 Å². The molecule has 0 aromatic carbocycles. The van der Waals surface area contributed by atoms with E-state index in [1.165, 1.54) is 0 Å². The Balaban J connectivity index is 5.33. The van der Waals surface area contributed by atoms with Crippen LogP contribution in [0, 0.1) is 0 Å². The molecular weight excluding hydrogens is 585 g/mol. The summed E-state index contributed by atoms with van der Waals surface area (Å²) in [7, 11) is -9.67. The highest BCUT2D eigenvalue weighted by Crippen LogP contribution is 2.31. The minimum absolute atomic E-state index is 0.336. The van der Waals surface area contributed by atoms with Gasteiger partial charge in [0.15, 0.2) is 16.6 Å². The van der Waals surface area contributed by atoms with Gasteiger partial charge in [0.25, 0.3) is 0 Å². The lowest BCUT2D eigenvalue weighted by Crippen LogP contribution is -2.60. The van der Waals surface area contributed by atoms with Crippen LogP contribution in [0.15, 0.2) is 0 Å². The van der Waals surface area contributed by atoms with Crippen molar-refractivity contribution in [2.75, 3.05) is 53.4 Å². The first kappa shape index (κ1) is 39.7. The topological polar surface area (TPSA) is 94.1 Å². The predicted octanol–water partition coefficient (Wildman–Crippen LogP) is 5.82. The van der Waals surface area contributed by atoms with E-state index in [-0.39, 0.29) is 0 Å². The van der Waals surface area contributed by atoms with Gasteiger partial charge in [0.1, 0.15) is 0 Å². The van der Waals surface area contributed by atoms with E-state index in [0.717, 1.165) is 31.4 Å². The van der Waals surface area contributed by atoms with E-state index >= 15 is 0 Å². The molecule has 0 aromatic heterocycles. The number of aliphatic hydroxyl groups excluding tert-OH is 1. The molecule has 0 bridgehead atoms. The Hall–Kier alpha value is 0.724. The molecule has 3 atom stereocenters. The van der Waals surface area contributed by atoms with E-state index < -0.39 is 48.4 Å². The normalized spacial score (nSPS) is 17.2. The number of ether oxygens (including phenoxy) is 4. The third-order valence-corrected chi connectivity index (χ3v) is 23.4. The van der Waals surface area contributed by atoms with Gasteiger partial charge in [-0.2, -0.15) is 0 Å². The first-order valence-corrected chi connectivity index (χ1v) is 29.2. The maximum absolute atomic E-state index is 9.53. The summed E-state index contributed by atoms with van der Waals surface area (Å²) in [5.74, 6) is 0. The Morgan fingerprint density at radius 3 is 1.46 bits per heavy atom. The number of hydrogen-bond acceptors (Lipinski definition) is 9. The minimum atomic E-state index is -2.69. The van der Waals surface area contributed by atoms with Crippen LogP contribution in [-0.4, -0.2) is 107 Å². The number of aliphatic hydroxyl groups is 1. The highest BCUT2D eigenvalue weighted by atomic mass is 28.5. The summed E-state index contributed by atoms with van der Waals surface area (Å²) >= 11 is 0. The molecule has 1 N–H and O–H groups in total. The van der Waals surface area contributed by atoms with Gasteiger partial charge in [0.05, 0.1) is 25.9 Å². The Morgan fingerprint density at radius 2 is 1.00 bits per heavy atom. The molecule has 14 heteroatoms. The first-order valence-electron chi connectivity index (χ1n) is 14.5. The van der Waals surface area contributed by atoms with Gasteiger partial charge < -0.3 is 40.5 Å². The van der Waals surface area contributed by atoms with Crippen molar-refractivity contribution in [3.05, 3.63) is 0 Å². The maximum atomic E-state index is 9.53. The second-order valence-electron chi connectivity index (χ2n) is 13.0. The standard InChI is InChI=1S/C25H62O9Si5/c1-25(26)24-30-19-15-23-39(12,33-37(9,10)31-35(3,4)5)34-38(11,32-36(6,7)8)22-14-18-29-21-20-28-17-13-16-27-2/h25-26H,13-24H2,1-12H3. The van der Waals surface area contributed by atoms with Gasteiger partial charge in [-0.15, -0.1) is 0 Å². The highest BCUT2D eigenvalue weighted by Gasteiger charge is 2.48. The average molecular weight is 647 g/mol. The molecule has 0 aliphatic carbocycles. The van der Waals surface area contributed by atoms with Crippen LogP contribution in [0.5, 0.6) is 0 Å². The van der Waals surface area contributed by atoms with Crippen molar-refractivity contribution in [1.82, 2.24) is 0 Å². The fourth-order valence-corrected chi connectivity index (χ4v) is 28.2. The molecule has 0 saturated carbocycles. The van der Waals surface area contributed by atoms with Crippen LogP contribution in [0.3, 0.4) is 0 Å². The lowest BCUT2D eigenvalue weighted by molar-refractivity contribution is 0.0397. The zero-order chi connectivity index (χ0) is 30.2. The van der Waals surface area contributed by atoms with Crippen molar-refractivity contribution < 1.29 is 40.5 Å². The van der Waals surface area contributed by atoms with Crippen LogP contribution in [-0.2, 0) is 35.4 Å². The largest absolute Gasteiger partial charge is 0.437 e. The Kier molecular flexibility index (Phi) is 19.4. The summed E-state index contributed by atoms with van der Waals surface area (Å²) in [4.78, 5) is 0. The summed E-state index contributed by atoms with van der Waals surface area (Å²) in [6.45, 7) is 27.7. The lowest BCUT2D eigenvalue weighted by atomic mass is 10.4. The molecule has 0 amide bonds. The van der Waals surface area contributed by atoms with E-state index in [2.05, 4.69) is 65.5 Å². The van der Waals surface area contributed by atoms with Gasteiger partial charge in [0.2, 0.25) is 0 Å². The van der Waals surface area contributed by atoms with Crippen molar-refractivity contribution in [2.45, 2.75) is 110 Å². The van der Waals surface area contributed by atoms with Gasteiger partial charge in [-0.25, -0.2) is 0 Å². The highest BCUT2D eigenvalue weighted by molar-refractivity contribution is 6.90. The first-order chi connectivity index (χ1) is 17.8. The SMILES string of the molecule is COCCCOCCOCCC[Si](C)(O[Si](C)(C)C)O[Si](C)(CCCOCC(C)O)O[Si](C)(C)O[Si](C)(C)C. The van der Waals surface area contributed by atoms with Crippen LogP contribution in [0.4, 0.5) is 0 Å². The van der Waals surface area contributed by atoms with E-state index in [0.29, 0.717) is 46.2 Å². The van der Waals surface area contributed by atoms with Crippen LogP contribution < -0.4 is 0 Å². The third kappa shape index (κ3) is 23.9. The van der Waals surface area contributed by atoms with Crippen molar-refractivity contribution in [3.63, 3.8) is 0 Å². The molecule has 0 aliphatic rings. The van der Waals surface area contributed by atoms with Crippen LogP contribution in [0.2, 0.25) is 77.6 Å². The monoisotopic (exact) mass is 646 g/mol. The third-order valence-electron chi connectivity index (χ3n) is 5.17. The van der Waals surface area contributed by atoms with Gasteiger partial charge in [-0.1, -0.05) is 0 Å². The molecule has 0 spiro atoms. The molecule has 39 heavy (non-hydrogen) atoms. The molecule has 0 saturated heterocycles. The molecule has 236 valence electrons. The van der Waals surface area contributed by atoms with E-state index in [9.17, 15) is 5.11 Å². The minimum Gasteiger partial charge on any atom is -0.437 e. The molecule has 9 nitrogen and oxygen atoms in total. The van der Waals surface area contributed by atoms with Crippen LogP contribution in [0.1, 0.15) is 26.2 Å². The van der Waals surface area contributed by atoms with Gasteiger partial charge in [-0.3, -0.25) is 0 Å². The fraction of sp³-hybridized carbons (Fsp3) is 1.00. The molecule has 0 fully saturated rings. The van der Waals surface area contributed by atoms with Crippen molar-refractivity contribution in [3.8, 4) is 0 Å². The summed E-state index contributed by atoms with van der Waals surface area (Å²) in [5, 5.41) is 9.53. The van der Waals surface area contributed by atoms with Crippen LogP contribution in [0.25, 0.3) is 0 Å². The smallest absolute Gasteiger partial charge is 0.317 e. The van der Waals surface area contributed by atoms with E-state index in [4.69, 9.17) is 35.4 Å². The van der Waals surface area contributed by atoms with Crippen molar-refractivity contribution >= 4 is 42.3 Å². The van der Waals surface area contributed by atoms with Gasteiger partial charge in [0, 0.05) is 33.5 Å². The zero-order valence-electron chi connectivity index (χ0n) is 27.3. The Labute approximate surface area is 245 Å². The molecule has 0 aliphatic heterocycles. The summed E-state index contributed by atoms with van der Waals surface area (Å²) in [6, 6.07) is 1.63. The quantitative estimate of drug-likeness (QED) is 0.0973. The molecule has 0 aromatic rings. The fourth-order valence-electron chi connectivity index (χ4n) is 4.50. The summed E-state index contributed by atoms with van der Waals surface area (Å²) in [6.07, 6.45) is 2.09. The second-order valence-corrected chi connectivity index (χ2v) is 33.1. The molecule has 0 rings (SSSR count). The number of methoxy groups -OCH3 is 1. The lowest BCUT2D eigenvalue weighted by Gasteiger charge is -2.44. The Bertz CT molecular complexity index is 632. The number of hydrogen-bond donors (Lipinski definition) is 1. The molecule has 0 radical (unpaired) electrons. The summed E-state index contributed by atoms with van der Waals surface area (Å²) in [5.41, 5.74) is 0. The average Bonchev–Trinajstić information content (AvgIpc) is 2.70. The van der Waals surface area contributed by atoms with E-state index in [1.807, 2.05) is 0 Å². The Morgan fingerprint density at radius 1 is 0.538 bits per heavy atom. The van der Waals surface area contributed by atoms with Crippen LogP contribution >= 0.6 is 0 Å². The van der Waals surface area contributed by atoms with Gasteiger partial charge >= 0.3 is 25.7 Å².